The molecule has 176 valence electrons. The molecule has 4 aromatic rings. The number of amides is 1. The van der Waals surface area contributed by atoms with Gasteiger partial charge in [-0.3, -0.25) is 10.1 Å². The van der Waals surface area contributed by atoms with Crippen LogP contribution in [0.15, 0.2) is 76.1 Å². The van der Waals surface area contributed by atoms with Gasteiger partial charge in [-0.1, -0.05) is 90.0 Å². The van der Waals surface area contributed by atoms with E-state index in [1.165, 1.54) is 11.3 Å². The van der Waals surface area contributed by atoms with E-state index in [2.05, 4.69) is 36.2 Å². The van der Waals surface area contributed by atoms with Crippen molar-refractivity contribution in [3.63, 3.8) is 0 Å². The predicted molar refractivity (Wildman–Crippen MR) is 139 cm³/mol. The highest BCUT2D eigenvalue weighted by atomic mass is 79.9. The Morgan fingerprint density at radius 2 is 1.74 bits per heavy atom. The number of halogens is 1. The molecule has 0 saturated heterocycles. The standard InChI is InChI=1S/C24H23BrN4O3S2/c1-3-15(2)21(29-34(31,32)20-13-10-16-6-4-5-7-18(16)14-20)22(30)26-24-28-27-23(33-24)17-8-11-19(25)12-9-17/h4-15,21,29H,3H2,1-2H3,(H,26,28,30)/t15-,21+/m1/s1. The number of sulfonamides is 1. The fourth-order valence-electron chi connectivity index (χ4n) is 3.40. The van der Waals surface area contributed by atoms with E-state index in [0.29, 0.717) is 16.6 Å². The van der Waals surface area contributed by atoms with Crippen LogP contribution in [0.4, 0.5) is 5.13 Å². The summed E-state index contributed by atoms with van der Waals surface area (Å²) in [5.74, 6) is -0.716. The third-order valence-electron chi connectivity index (χ3n) is 5.56. The van der Waals surface area contributed by atoms with Gasteiger partial charge < -0.3 is 0 Å². The number of rotatable bonds is 8. The Bertz CT molecular complexity index is 1420. The maximum Gasteiger partial charge on any atom is 0.244 e. The van der Waals surface area contributed by atoms with Crippen LogP contribution in [0, 0.1) is 5.92 Å². The van der Waals surface area contributed by atoms with E-state index in [4.69, 9.17) is 0 Å². The van der Waals surface area contributed by atoms with Gasteiger partial charge in [-0.25, -0.2) is 8.42 Å². The molecule has 7 nitrogen and oxygen atoms in total. The Morgan fingerprint density at radius 1 is 1.03 bits per heavy atom. The molecule has 10 heteroatoms. The van der Waals surface area contributed by atoms with Crippen molar-refractivity contribution < 1.29 is 13.2 Å². The molecule has 0 radical (unpaired) electrons. The summed E-state index contributed by atoms with van der Waals surface area (Å²) in [7, 11) is -3.93. The highest BCUT2D eigenvalue weighted by Crippen LogP contribution is 2.28. The minimum Gasteiger partial charge on any atom is -0.299 e. The minimum absolute atomic E-state index is 0.112. The van der Waals surface area contributed by atoms with E-state index < -0.39 is 22.0 Å². The van der Waals surface area contributed by atoms with Crippen molar-refractivity contribution in [2.45, 2.75) is 31.2 Å². The zero-order valence-corrected chi connectivity index (χ0v) is 21.7. The summed E-state index contributed by atoms with van der Waals surface area (Å²) in [5.41, 5.74) is 0.872. The van der Waals surface area contributed by atoms with E-state index in [9.17, 15) is 13.2 Å². The smallest absolute Gasteiger partial charge is 0.244 e. The summed E-state index contributed by atoms with van der Waals surface area (Å²) in [6.07, 6.45) is 0.610. The van der Waals surface area contributed by atoms with Gasteiger partial charge in [0, 0.05) is 10.0 Å². The number of hydrogen-bond donors (Lipinski definition) is 2. The molecule has 2 N–H and O–H groups in total. The van der Waals surface area contributed by atoms with E-state index in [1.54, 1.807) is 18.2 Å². The largest absolute Gasteiger partial charge is 0.299 e. The van der Waals surface area contributed by atoms with Crippen LogP contribution < -0.4 is 10.0 Å². The van der Waals surface area contributed by atoms with Gasteiger partial charge in [0.25, 0.3) is 0 Å². The number of nitrogens with one attached hydrogen (secondary N) is 2. The lowest BCUT2D eigenvalue weighted by Gasteiger charge is -2.23. The molecule has 0 aliphatic heterocycles. The number of aromatic nitrogens is 2. The first-order valence-electron chi connectivity index (χ1n) is 10.7. The summed E-state index contributed by atoms with van der Waals surface area (Å²) in [5, 5.41) is 13.6. The van der Waals surface area contributed by atoms with E-state index in [-0.39, 0.29) is 10.8 Å². The molecule has 0 spiro atoms. The molecule has 34 heavy (non-hydrogen) atoms. The highest BCUT2D eigenvalue weighted by molar-refractivity contribution is 9.10. The minimum atomic E-state index is -3.93. The Morgan fingerprint density at radius 3 is 2.44 bits per heavy atom. The predicted octanol–water partition coefficient (Wildman–Crippen LogP) is 5.45. The van der Waals surface area contributed by atoms with E-state index in [0.717, 1.165) is 20.8 Å². The molecule has 1 aromatic heterocycles. The molecule has 2 atom stereocenters. The van der Waals surface area contributed by atoms with Gasteiger partial charge in [0.05, 0.1) is 4.90 Å². The summed E-state index contributed by atoms with van der Waals surface area (Å²) in [4.78, 5) is 13.2. The Labute approximate surface area is 210 Å². The Hall–Kier alpha value is -2.66. The topological polar surface area (TPSA) is 101 Å². The Kier molecular flexibility index (Phi) is 7.42. The number of benzene rings is 3. The molecule has 0 unspecified atom stereocenters. The molecule has 0 aliphatic carbocycles. The van der Waals surface area contributed by atoms with Crippen LogP contribution in [0.3, 0.4) is 0 Å². The zero-order valence-electron chi connectivity index (χ0n) is 18.5. The summed E-state index contributed by atoms with van der Waals surface area (Å²) in [6, 6.07) is 19.1. The van der Waals surface area contributed by atoms with Crippen molar-refractivity contribution in [2.24, 2.45) is 5.92 Å². The normalized spacial score (nSPS) is 13.5. The number of carbonyl (C=O) groups excluding carboxylic acids is 1. The van der Waals surface area contributed by atoms with Gasteiger partial charge in [0.15, 0.2) is 0 Å². The molecule has 1 heterocycles. The molecule has 4 rings (SSSR count). The van der Waals surface area contributed by atoms with Gasteiger partial charge in [-0.05, 0) is 41.0 Å². The fraction of sp³-hybridized carbons (Fsp3) is 0.208. The van der Waals surface area contributed by atoms with Crippen LogP contribution in [-0.2, 0) is 14.8 Å². The number of carbonyl (C=O) groups is 1. The third kappa shape index (κ3) is 5.52. The first-order valence-corrected chi connectivity index (χ1v) is 13.8. The van der Waals surface area contributed by atoms with E-state index >= 15 is 0 Å². The van der Waals surface area contributed by atoms with Crippen LogP contribution in [0.5, 0.6) is 0 Å². The van der Waals surface area contributed by atoms with Crippen LogP contribution in [0.25, 0.3) is 21.3 Å². The fourth-order valence-corrected chi connectivity index (χ4v) is 5.75. The summed E-state index contributed by atoms with van der Waals surface area (Å²) >= 11 is 4.62. The second-order valence-corrected chi connectivity index (χ2v) is 11.5. The molecular weight excluding hydrogens is 536 g/mol. The van der Waals surface area contributed by atoms with Crippen LogP contribution in [0.1, 0.15) is 20.3 Å². The molecule has 0 aliphatic rings. The lowest BCUT2D eigenvalue weighted by Crippen LogP contribution is -2.47. The van der Waals surface area contributed by atoms with Crippen molar-refractivity contribution in [1.29, 1.82) is 0 Å². The molecule has 3 aromatic carbocycles. The van der Waals surface area contributed by atoms with E-state index in [1.807, 2.05) is 62.4 Å². The van der Waals surface area contributed by atoms with Gasteiger partial charge in [0.2, 0.25) is 21.1 Å². The molecule has 0 bridgehead atoms. The average Bonchev–Trinajstić information content (AvgIpc) is 3.30. The summed E-state index contributed by atoms with van der Waals surface area (Å²) in [6.45, 7) is 3.74. The SMILES string of the molecule is CC[C@@H](C)[C@H](NS(=O)(=O)c1ccc2ccccc2c1)C(=O)Nc1nnc(-c2ccc(Br)cc2)s1. The van der Waals surface area contributed by atoms with Crippen molar-refractivity contribution in [3.8, 4) is 10.6 Å². The van der Waals surface area contributed by atoms with Crippen LogP contribution in [-0.4, -0.2) is 30.6 Å². The molecule has 0 fully saturated rings. The number of fused-ring (bicyclic) bond motifs is 1. The van der Waals surface area contributed by atoms with Gasteiger partial charge in [-0.15, -0.1) is 10.2 Å². The summed E-state index contributed by atoms with van der Waals surface area (Å²) < 4.78 is 29.9. The van der Waals surface area contributed by atoms with Crippen molar-refractivity contribution >= 4 is 59.1 Å². The van der Waals surface area contributed by atoms with Crippen LogP contribution >= 0.6 is 27.3 Å². The van der Waals surface area contributed by atoms with Gasteiger partial charge in [-0.2, -0.15) is 4.72 Å². The van der Waals surface area contributed by atoms with Gasteiger partial charge >= 0.3 is 0 Å². The Balaban J connectivity index is 1.54. The lowest BCUT2D eigenvalue weighted by molar-refractivity contribution is -0.118. The maximum absolute atomic E-state index is 13.2. The number of hydrogen-bond acceptors (Lipinski definition) is 6. The maximum atomic E-state index is 13.2. The second-order valence-electron chi connectivity index (χ2n) is 7.90. The number of nitrogens with zero attached hydrogens (tertiary/aromatic N) is 2. The first-order chi connectivity index (χ1) is 16.3. The zero-order chi connectivity index (χ0) is 24.3. The third-order valence-corrected chi connectivity index (χ3v) is 8.41. The second kappa shape index (κ2) is 10.3. The molecule has 1 amide bonds. The van der Waals surface area contributed by atoms with Gasteiger partial charge in [0.1, 0.15) is 11.0 Å². The first kappa shape index (κ1) is 24.5. The van der Waals surface area contributed by atoms with Crippen molar-refractivity contribution in [2.75, 3.05) is 5.32 Å². The molecule has 0 saturated carbocycles. The highest BCUT2D eigenvalue weighted by Gasteiger charge is 2.30. The lowest BCUT2D eigenvalue weighted by atomic mass is 9.99. The number of anilines is 1. The molecular formula is C24H23BrN4O3S2. The monoisotopic (exact) mass is 558 g/mol. The quantitative estimate of drug-likeness (QED) is 0.299. The van der Waals surface area contributed by atoms with Crippen molar-refractivity contribution in [3.05, 3.63) is 71.2 Å². The van der Waals surface area contributed by atoms with Crippen molar-refractivity contribution in [1.82, 2.24) is 14.9 Å². The average molecular weight is 560 g/mol. The van der Waals surface area contributed by atoms with Crippen LogP contribution in [0.2, 0.25) is 0 Å².